The summed E-state index contributed by atoms with van der Waals surface area (Å²) in [6.07, 6.45) is 3.13. The zero-order valence-electron chi connectivity index (χ0n) is 11.9. The van der Waals surface area contributed by atoms with E-state index in [1.807, 2.05) is 19.9 Å². The molecular weight excluding hydrogens is 335 g/mol. The van der Waals surface area contributed by atoms with Crippen molar-refractivity contribution in [1.29, 1.82) is 0 Å². The van der Waals surface area contributed by atoms with Gasteiger partial charge in [0.15, 0.2) is 0 Å². The first-order chi connectivity index (χ1) is 8.40. The van der Waals surface area contributed by atoms with Crippen LogP contribution in [0.1, 0.15) is 13.8 Å². The minimum atomic E-state index is -2.28. The van der Waals surface area contributed by atoms with Gasteiger partial charge in [-0.2, -0.15) is 0 Å². The van der Waals surface area contributed by atoms with Crippen molar-refractivity contribution in [2.24, 2.45) is 0 Å². The van der Waals surface area contributed by atoms with Gasteiger partial charge in [-0.1, -0.05) is 0 Å². The number of rotatable bonds is 4. The van der Waals surface area contributed by atoms with Gasteiger partial charge in [0.25, 0.3) is 0 Å². The van der Waals surface area contributed by atoms with Crippen LogP contribution in [0, 0.1) is 0 Å². The van der Waals surface area contributed by atoms with E-state index in [1.54, 1.807) is 17.3 Å². The number of aromatic nitrogens is 1. The van der Waals surface area contributed by atoms with Crippen LogP contribution < -0.4 is 8.32 Å². The fraction of sp³-hybridized carbons (Fsp3) is 0.538. The summed E-state index contributed by atoms with van der Waals surface area (Å²) in [7, 11) is 0. The molecule has 1 amide bonds. The Kier molecular flexibility index (Phi) is 5.44. The Morgan fingerprint density at radius 1 is 1.33 bits per heavy atom. The Morgan fingerprint density at radius 2 is 1.94 bits per heavy atom. The number of ether oxygens (including phenoxy) is 1. The van der Waals surface area contributed by atoms with E-state index in [0.29, 0.717) is 18.8 Å². The Balaban J connectivity index is 2.95. The zero-order chi connectivity index (χ0) is 13.8. The second-order valence-electron chi connectivity index (χ2n) is 5.16. The molecule has 0 aliphatic rings. The van der Waals surface area contributed by atoms with Crippen LogP contribution in [0.5, 0.6) is 5.75 Å². The Labute approximate surface area is 113 Å². The number of nitrogens with zero attached hydrogens (tertiary/aromatic N) is 2. The quantitative estimate of drug-likeness (QED) is 0.778. The van der Waals surface area contributed by atoms with Gasteiger partial charge in [-0.05, 0) is 0 Å². The molecule has 0 atom stereocenters. The van der Waals surface area contributed by atoms with Gasteiger partial charge in [-0.3, -0.25) is 0 Å². The maximum atomic E-state index is 12.0. The normalized spacial score (nSPS) is 11.2. The van der Waals surface area contributed by atoms with E-state index in [4.69, 9.17) is 4.74 Å². The van der Waals surface area contributed by atoms with Gasteiger partial charge < -0.3 is 0 Å². The molecule has 0 N–H and O–H groups in total. The summed E-state index contributed by atoms with van der Waals surface area (Å²) in [5.74, 6) is 0.637. The van der Waals surface area contributed by atoms with Gasteiger partial charge >= 0.3 is 113 Å². The van der Waals surface area contributed by atoms with Crippen molar-refractivity contribution in [3.05, 3.63) is 18.5 Å². The van der Waals surface area contributed by atoms with Gasteiger partial charge in [0.05, 0.1) is 0 Å². The zero-order valence-corrected chi connectivity index (χ0v) is 14.7. The summed E-state index contributed by atoms with van der Waals surface area (Å²) < 4.78 is 6.69. The van der Waals surface area contributed by atoms with Crippen LogP contribution in [0.3, 0.4) is 0 Å². The van der Waals surface area contributed by atoms with Crippen LogP contribution in [0.15, 0.2) is 18.5 Å². The first-order valence-corrected chi connectivity index (χ1v) is 16.3. The molecule has 1 aromatic heterocycles. The number of hydrogen-bond acceptors (Lipinski definition) is 3. The van der Waals surface area contributed by atoms with Gasteiger partial charge in [0.1, 0.15) is 0 Å². The SMILES string of the molecule is CCN(CC)C(=O)Oc1cncc[c]1[Sn]([CH3])([CH3])[CH3]. The number of hydrogen-bond donors (Lipinski definition) is 0. The van der Waals surface area contributed by atoms with Crippen molar-refractivity contribution in [2.45, 2.75) is 28.7 Å². The van der Waals surface area contributed by atoms with Gasteiger partial charge in [0, 0.05) is 0 Å². The molecule has 0 aliphatic heterocycles. The third-order valence-corrected chi connectivity index (χ3v) is 8.60. The molecule has 0 saturated heterocycles. The molecule has 4 nitrogen and oxygen atoms in total. The molecule has 1 aromatic rings. The monoisotopic (exact) mass is 358 g/mol. The van der Waals surface area contributed by atoms with E-state index < -0.39 is 18.4 Å². The van der Waals surface area contributed by atoms with E-state index in [2.05, 4.69) is 19.8 Å². The first-order valence-electron chi connectivity index (χ1n) is 6.31. The van der Waals surface area contributed by atoms with Crippen LogP contribution in [-0.2, 0) is 0 Å². The third-order valence-electron chi connectivity index (χ3n) is 2.81. The molecule has 0 radical (unpaired) electrons. The number of carbonyl (C=O) groups is 1. The molecule has 0 unspecified atom stereocenters. The molecule has 0 fully saturated rings. The Morgan fingerprint density at radius 3 is 2.44 bits per heavy atom. The van der Waals surface area contributed by atoms with E-state index in [0.717, 1.165) is 0 Å². The Bertz CT molecular complexity index is 412. The van der Waals surface area contributed by atoms with Gasteiger partial charge in [0.2, 0.25) is 0 Å². The molecule has 1 rings (SSSR count). The van der Waals surface area contributed by atoms with Crippen LogP contribution >= 0.6 is 0 Å². The minimum absolute atomic E-state index is 0.287. The molecule has 0 aliphatic carbocycles. The van der Waals surface area contributed by atoms with Crippen molar-refractivity contribution >= 4 is 28.0 Å². The van der Waals surface area contributed by atoms with Crippen LogP contribution in [0.25, 0.3) is 0 Å². The van der Waals surface area contributed by atoms with E-state index in [9.17, 15) is 4.79 Å². The number of carbonyl (C=O) groups excluding carboxylic acids is 1. The summed E-state index contributed by atoms with van der Waals surface area (Å²) >= 11 is -2.28. The standard InChI is InChI=1S/C10H13N2O2.3CH3.Sn/c1-3-12(4-2)10(13)14-9-6-5-7-11-8-9;;;;/h5,7-8H,3-4H2,1-2H3;3*1H3;. The van der Waals surface area contributed by atoms with Crippen LogP contribution in [0.2, 0.25) is 14.8 Å². The van der Waals surface area contributed by atoms with Crippen molar-refractivity contribution in [3.63, 3.8) is 0 Å². The fourth-order valence-electron chi connectivity index (χ4n) is 1.72. The van der Waals surface area contributed by atoms with E-state index in [1.165, 1.54) is 3.58 Å². The third kappa shape index (κ3) is 3.86. The summed E-state index contributed by atoms with van der Waals surface area (Å²) in [6, 6.07) is 1.99. The number of pyridine rings is 1. The first kappa shape index (κ1) is 15.3. The topological polar surface area (TPSA) is 42.4 Å². The summed E-state index contributed by atoms with van der Waals surface area (Å²) in [6.45, 7) is 5.20. The predicted molar refractivity (Wildman–Crippen MR) is 76.2 cm³/mol. The summed E-state index contributed by atoms with van der Waals surface area (Å²) in [5.41, 5.74) is 0. The molecule has 0 saturated carbocycles. The fourth-order valence-corrected chi connectivity index (χ4v) is 5.80. The second kappa shape index (κ2) is 6.40. The van der Waals surface area contributed by atoms with E-state index in [-0.39, 0.29) is 6.09 Å². The van der Waals surface area contributed by atoms with Crippen molar-refractivity contribution in [2.75, 3.05) is 13.1 Å². The molecule has 100 valence electrons. The maximum absolute atomic E-state index is 12.0. The van der Waals surface area contributed by atoms with Crippen molar-refractivity contribution in [3.8, 4) is 5.75 Å². The van der Waals surface area contributed by atoms with Crippen molar-refractivity contribution in [1.82, 2.24) is 9.88 Å². The average Bonchev–Trinajstić information content (AvgIpc) is 2.30. The average molecular weight is 357 g/mol. The molecule has 0 spiro atoms. The summed E-state index contributed by atoms with van der Waals surface area (Å²) in [5, 5.41) is 0. The predicted octanol–water partition coefficient (Wildman–Crippen LogP) is 2.47. The van der Waals surface area contributed by atoms with Crippen molar-refractivity contribution < 1.29 is 9.53 Å². The van der Waals surface area contributed by atoms with E-state index >= 15 is 0 Å². The molecule has 0 aromatic carbocycles. The Hall–Kier alpha value is -0.781. The second-order valence-corrected chi connectivity index (χ2v) is 19.5. The molecular formula is C13H22N2O2Sn. The van der Waals surface area contributed by atoms with Gasteiger partial charge in [-0.25, -0.2) is 0 Å². The molecule has 1 heterocycles. The van der Waals surface area contributed by atoms with Gasteiger partial charge in [-0.15, -0.1) is 0 Å². The molecule has 5 heteroatoms. The number of amides is 1. The summed E-state index contributed by atoms with van der Waals surface area (Å²) in [4.78, 5) is 24.5. The van der Waals surface area contributed by atoms with Crippen LogP contribution in [-0.4, -0.2) is 47.4 Å². The molecule has 18 heavy (non-hydrogen) atoms. The van der Waals surface area contributed by atoms with Crippen LogP contribution in [0.4, 0.5) is 4.79 Å². The molecule has 0 bridgehead atoms.